The number of carbonyl (C=O) groups excluding carboxylic acids is 2. The smallest absolute Gasteiger partial charge is 0.309 e. The number of aliphatic hydroxyl groups excluding tert-OH is 1. The summed E-state index contributed by atoms with van der Waals surface area (Å²) in [6, 6.07) is 0. The summed E-state index contributed by atoms with van der Waals surface area (Å²) in [7, 11) is 1.34. The average molecular weight is 324 g/mol. The summed E-state index contributed by atoms with van der Waals surface area (Å²) in [4.78, 5) is 24.7. The Hall–Kier alpha value is -1.16. The minimum absolute atomic E-state index is 0.0976. The Morgan fingerprint density at radius 1 is 1.26 bits per heavy atom. The maximum absolute atomic E-state index is 12.8. The van der Waals surface area contributed by atoms with Crippen molar-refractivity contribution in [3.05, 3.63) is 12.7 Å². The van der Waals surface area contributed by atoms with Crippen LogP contribution in [0.15, 0.2) is 12.7 Å². The molecular weight excluding hydrogens is 292 g/mol. The SMILES string of the molecule is C=CCCC(C)C[C@@H](C)[C@H](C)C(=O)C1C[C@H](O)C[C@H]1C(=O)OC. The molecule has 0 saturated heterocycles. The molecule has 1 aliphatic rings. The number of rotatable bonds is 9. The van der Waals surface area contributed by atoms with E-state index in [0.717, 1.165) is 19.3 Å². The molecule has 1 fully saturated rings. The highest BCUT2D eigenvalue weighted by Crippen LogP contribution is 2.37. The molecule has 1 aliphatic carbocycles. The summed E-state index contributed by atoms with van der Waals surface area (Å²) >= 11 is 0. The van der Waals surface area contributed by atoms with Gasteiger partial charge in [0, 0.05) is 11.8 Å². The van der Waals surface area contributed by atoms with Gasteiger partial charge in [-0.15, -0.1) is 6.58 Å². The summed E-state index contributed by atoms with van der Waals surface area (Å²) < 4.78 is 4.80. The van der Waals surface area contributed by atoms with Gasteiger partial charge in [0.1, 0.15) is 5.78 Å². The molecule has 0 spiro atoms. The Kier molecular flexibility index (Phi) is 7.97. The lowest BCUT2D eigenvalue weighted by molar-refractivity contribution is -0.149. The van der Waals surface area contributed by atoms with E-state index in [2.05, 4.69) is 20.4 Å². The Morgan fingerprint density at radius 2 is 1.87 bits per heavy atom. The van der Waals surface area contributed by atoms with Gasteiger partial charge in [-0.05, 0) is 43.9 Å². The minimum atomic E-state index is -0.581. The van der Waals surface area contributed by atoms with Crippen molar-refractivity contribution in [3.63, 3.8) is 0 Å². The standard InChI is InChI=1S/C19H32O4/c1-6-7-8-12(2)9-13(3)14(4)18(21)16-10-15(20)11-17(16)19(22)23-5/h6,12-17,20H,1,7-11H2,2-5H3/t12?,13-,14+,15+,16?,17-/m1/s1. The molecule has 2 unspecified atom stereocenters. The second-order valence-corrected chi connectivity index (χ2v) is 7.24. The molecule has 0 aromatic heterocycles. The van der Waals surface area contributed by atoms with E-state index in [9.17, 15) is 14.7 Å². The zero-order chi connectivity index (χ0) is 17.6. The van der Waals surface area contributed by atoms with E-state index in [4.69, 9.17) is 4.74 Å². The van der Waals surface area contributed by atoms with Gasteiger partial charge in [-0.2, -0.15) is 0 Å². The Morgan fingerprint density at radius 3 is 2.43 bits per heavy atom. The molecule has 1 saturated carbocycles. The van der Waals surface area contributed by atoms with Crippen LogP contribution in [0.1, 0.15) is 52.9 Å². The van der Waals surface area contributed by atoms with Crippen molar-refractivity contribution in [2.45, 2.75) is 59.0 Å². The van der Waals surface area contributed by atoms with E-state index in [1.165, 1.54) is 7.11 Å². The first-order chi connectivity index (χ1) is 10.8. The van der Waals surface area contributed by atoms with Gasteiger partial charge in [0.2, 0.25) is 0 Å². The number of carbonyl (C=O) groups is 2. The summed E-state index contributed by atoms with van der Waals surface area (Å²) in [6.07, 6.45) is 5.12. The summed E-state index contributed by atoms with van der Waals surface area (Å²) in [6.45, 7) is 10.0. The second-order valence-electron chi connectivity index (χ2n) is 7.24. The molecule has 0 radical (unpaired) electrons. The van der Waals surface area contributed by atoms with E-state index in [0.29, 0.717) is 18.8 Å². The lowest BCUT2D eigenvalue weighted by Gasteiger charge is -2.26. The van der Waals surface area contributed by atoms with Crippen LogP contribution in [-0.4, -0.2) is 30.1 Å². The molecule has 0 amide bonds. The van der Waals surface area contributed by atoms with Crippen molar-refractivity contribution in [2.24, 2.45) is 29.6 Å². The first-order valence-electron chi connectivity index (χ1n) is 8.72. The lowest BCUT2D eigenvalue weighted by atomic mass is 9.77. The quantitative estimate of drug-likeness (QED) is 0.521. The Balaban J connectivity index is 2.66. The fraction of sp³-hybridized carbons (Fsp3) is 0.789. The molecular formula is C19H32O4. The number of esters is 1. The van der Waals surface area contributed by atoms with Crippen LogP contribution in [0.5, 0.6) is 0 Å². The molecule has 1 N–H and O–H groups in total. The van der Waals surface area contributed by atoms with Crippen LogP contribution in [-0.2, 0) is 14.3 Å². The predicted molar refractivity (Wildman–Crippen MR) is 90.8 cm³/mol. The fourth-order valence-corrected chi connectivity index (χ4v) is 3.71. The largest absolute Gasteiger partial charge is 0.469 e. The monoisotopic (exact) mass is 324 g/mol. The normalized spacial score (nSPS) is 28.0. The topological polar surface area (TPSA) is 63.6 Å². The molecule has 132 valence electrons. The summed E-state index contributed by atoms with van der Waals surface area (Å²) in [5, 5.41) is 9.86. The first kappa shape index (κ1) is 19.9. The molecule has 1 rings (SSSR count). The number of allylic oxidation sites excluding steroid dienone is 1. The highest BCUT2D eigenvalue weighted by Gasteiger charge is 2.44. The van der Waals surface area contributed by atoms with Crippen molar-refractivity contribution >= 4 is 11.8 Å². The Bertz CT molecular complexity index is 418. The number of hydrogen-bond donors (Lipinski definition) is 1. The molecule has 0 aromatic carbocycles. The molecule has 0 aromatic rings. The van der Waals surface area contributed by atoms with E-state index < -0.39 is 17.9 Å². The number of hydrogen-bond acceptors (Lipinski definition) is 4. The number of aliphatic hydroxyl groups is 1. The van der Waals surface area contributed by atoms with Gasteiger partial charge in [-0.25, -0.2) is 0 Å². The van der Waals surface area contributed by atoms with Crippen LogP contribution < -0.4 is 0 Å². The first-order valence-corrected chi connectivity index (χ1v) is 8.72. The molecule has 4 nitrogen and oxygen atoms in total. The van der Waals surface area contributed by atoms with Crippen molar-refractivity contribution in [2.75, 3.05) is 7.11 Å². The lowest BCUT2D eigenvalue weighted by Crippen LogP contribution is -2.32. The molecule has 4 heteroatoms. The van der Waals surface area contributed by atoms with Crippen molar-refractivity contribution in [1.82, 2.24) is 0 Å². The van der Waals surface area contributed by atoms with Gasteiger partial charge >= 0.3 is 5.97 Å². The average Bonchev–Trinajstić information content (AvgIpc) is 2.92. The summed E-state index contributed by atoms with van der Waals surface area (Å²) in [5.41, 5.74) is 0. The third-order valence-corrected chi connectivity index (χ3v) is 5.35. The van der Waals surface area contributed by atoms with Gasteiger partial charge in [0.15, 0.2) is 0 Å². The van der Waals surface area contributed by atoms with Crippen LogP contribution in [0, 0.1) is 29.6 Å². The fourth-order valence-electron chi connectivity index (χ4n) is 3.71. The van der Waals surface area contributed by atoms with Gasteiger partial charge in [-0.1, -0.05) is 26.8 Å². The van der Waals surface area contributed by atoms with Gasteiger partial charge in [0.05, 0.1) is 19.1 Å². The zero-order valence-electron chi connectivity index (χ0n) is 15.0. The van der Waals surface area contributed by atoms with Crippen LogP contribution in [0.4, 0.5) is 0 Å². The van der Waals surface area contributed by atoms with E-state index in [1.807, 2.05) is 13.0 Å². The second kappa shape index (κ2) is 9.21. The van der Waals surface area contributed by atoms with Crippen LogP contribution in [0.25, 0.3) is 0 Å². The number of methoxy groups -OCH3 is 1. The number of ether oxygens (including phenoxy) is 1. The third-order valence-electron chi connectivity index (χ3n) is 5.35. The molecule has 6 atom stereocenters. The zero-order valence-corrected chi connectivity index (χ0v) is 15.0. The van der Waals surface area contributed by atoms with Crippen LogP contribution in [0.3, 0.4) is 0 Å². The molecule has 0 aliphatic heterocycles. The van der Waals surface area contributed by atoms with Crippen molar-refractivity contribution < 1.29 is 19.4 Å². The van der Waals surface area contributed by atoms with Gasteiger partial charge in [-0.3, -0.25) is 9.59 Å². The maximum atomic E-state index is 12.8. The third kappa shape index (κ3) is 5.45. The van der Waals surface area contributed by atoms with Crippen LogP contribution in [0.2, 0.25) is 0 Å². The Labute approximate surface area is 140 Å². The summed E-state index contributed by atoms with van der Waals surface area (Å²) in [5.74, 6) is -0.473. The highest BCUT2D eigenvalue weighted by atomic mass is 16.5. The minimum Gasteiger partial charge on any atom is -0.469 e. The van der Waals surface area contributed by atoms with E-state index in [1.54, 1.807) is 0 Å². The number of Topliss-reactive ketones (excluding diaryl/α,β-unsaturated/α-hetero) is 1. The van der Waals surface area contributed by atoms with Gasteiger partial charge < -0.3 is 9.84 Å². The molecule has 0 heterocycles. The predicted octanol–water partition coefficient (Wildman–Crippen LogP) is 3.38. The van der Waals surface area contributed by atoms with E-state index >= 15 is 0 Å². The van der Waals surface area contributed by atoms with Gasteiger partial charge in [0.25, 0.3) is 0 Å². The van der Waals surface area contributed by atoms with Crippen molar-refractivity contribution in [1.29, 1.82) is 0 Å². The highest BCUT2D eigenvalue weighted by molar-refractivity contribution is 5.89. The van der Waals surface area contributed by atoms with E-state index in [-0.39, 0.29) is 23.6 Å². The maximum Gasteiger partial charge on any atom is 0.309 e. The molecule has 0 bridgehead atoms. The molecule has 23 heavy (non-hydrogen) atoms. The van der Waals surface area contributed by atoms with Crippen molar-refractivity contribution in [3.8, 4) is 0 Å². The number of ketones is 1. The van der Waals surface area contributed by atoms with Crippen LogP contribution >= 0.6 is 0 Å².